The van der Waals surface area contributed by atoms with Gasteiger partial charge in [-0.3, -0.25) is 14.4 Å². The van der Waals surface area contributed by atoms with Gasteiger partial charge in [-0.2, -0.15) is 0 Å². The number of amides is 2. The highest BCUT2D eigenvalue weighted by molar-refractivity contribution is 7.99. The number of carbonyl (C=O) groups excluding carboxylic acids is 2. The monoisotopic (exact) mass is 464 g/mol. The minimum Gasteiger partial charge on any atom is -0.326 e. The van der Waals surface area contributed by atoms with Gasteiger partial charge in [0, 0.05) is 28.7 Å². The highest BCUT2D eigenvalue weighted by atomic mass is 32.2. The molecule has 0 aliphatic heterocycles. The van der Waals surface area contributed by atoms with Crippen molar-refractivity contribution in [1.82, 2.24) is 9.97 Å². The van der Waals surface area contributed by atoms with E-state index >= 15 is 0 Å². The fourth-order valence-corrected chi connectivity index (χ4v) is 5.06. The first kappa shape index (κ1) is 21.8. The van der Waals surface area contributed by atoms with Crippen LogP contribution >= 0.6 is 23.1 Å². The third-order valence-electron chi connectivity index (χ3n) is 4.61. The molecule has 0 spiro atoms. The van der Waals surface area contributed by atoms with E-state index in [2.05, 4.69) is 20.6 Å². The first-order valence-electron chi connectivity index (χ1n) is 9.80. The maximum absolute atomic E-state index is 12.8. The second kappa shape index (κ2) is 9.37. The van der Waals surface area contributed by atoms with Gasteiger partial charge in [-0.15, -0.1) is 11.3 Å². The molecule has 2 amide bonds. The fraction of sp³-hybridized carbons (Fsp3) is 0.130. The number of carbonyl (C=O) groups is 2. The first-order chi connectivity index (χ1) is 15.4. The van der Waals surface area contributed by atoms with Gasteiger partial charge in [0.2, 0.25) is 11.8 Å². The van der Waals surface area contributed by atoms with Crippen LogP contribution in [0.5, 0.6) is 0 Å². The van der Waals surface area contributed by atoms with Gasteiger partial charge in [0.05, 0.1) is 11.1 Å². The molecular formula is C23H20N4O3S2. The summed E-state index contributed by atoms with van der Waals surface area (Å²) in [6.45, 7) is 3.41. The lowest BCUT2D eigenvalue weighted by molar-refractivity contribution is -0.114. The van der Waals surface area contributed by atoms with Gasteiger partial charge < -0.3 is 15.6 Å². The van der Waals surface area contributed by atoms with Crippen molar-refractivity contribution < 1.29 is 9.59 Å². The molecule has 3 N–H and O–H groups in total. The third-order valence-corrected chi connectivity index (χ3v) is 6.48. The van der Waals surface area contributed by atoms with E-state index in [-0.39, 0.29) is 23.1 Å². The standard InChI is InChI=1S/C23H20N4O3S2/c1-13-19(15-6-4-3-5-7-15)20-21(30)26-23(27-22(20)32-13)31-12-18(29)25-17-10-8-16(9-11-17)24-14(2)28/h3-11H,12H2,1-2H3,(H,24,28)(H,25,29)(H,26,27,30). The van der Waals surface area contributed by atoms with Gasteiger partial charge in [0.1, 0.15) is 4.83 Å². The summed E-state index contributed by atoms with van der Waals surface area (Å²) in [6.07, 6.45) is 0. The van der Waals surface area contributed by atoms with Crippen molar-refractivity contribution in [3.63, 3.8) is 0 Å². The molecule has 32 heavy (non-hydrogen) atoms. The lowest BCUT2D eigenvalue weighted by atomic mass is 10.0. The van der Waals surface area contributed by atoms with E-state index < -0.39 is 0 Å². The lowest BCUT2D eigenvalue weighted by Crippen LogP contribution is -2.15. The van der Waals surface area contributed by atoms with Crippen molar-refractivity contribution in [2.75, 3.05) is 16.4 Å². The summed E-state index contributed by atoms with van der Waals surface area (Å²) >= 11 is 2.64. The average Bonchev–Trinajstić information content (AvgIpc) is 3.10. The predicted octanol–water partition coefficient (Wildman–Crippen LogP) is 4.65. The minimum absolute atomic E-state index is 0.0950. The Morgan fingerprint density at radius 1 is 1.03 bits per heavy atom. The summed E-state index contributed by atoms with van der Waals surface area (Å²) in [5, 5.41) is 6.44. The molecule has 0 radical (unpaired) electrons. The average molecular weight is 465 g/mol. The Labute approximate surface area is 192 Å². The highest BCUT2D eigenvalue weighted by Crippen LogP contribution is 2.35. The Morgan fingerprint density at radius 3 is 2.34 bits per heavy atom. The smallest absolute Gasteiger partial charge is 0.260 e. The number of hydrogen-bond acceptors (Lipinski definition) is 6. The van der Waals surface area contributed by atoms with Gasteiger partial charge in [-0.05, 0) is 36.8 Å². The Kier molecular flexibility index (Phi) is 6.38. The zero-order chi connectivity index (χ0) is 22.7. The quantitative estimate of drug-likeness (QED) is 0.285. The van der Waals surface area contributed by atoms with Crippen LogP contribution in [-0.2, 0) is 9.59 Å². The van der Waals surface area contributed by atoms with Gasteiger partial charge in [-0.25, -0.2) is 4.98 Å². The summed E-state index contributed by atoms with van der Waals surface area (Å²) in [7, 11) is 0. The SMILES string of the molecule is CC(=O)Nc1ccc(NC(=O)CSc2nc3sc(C)c(-c4ccccc4)c3c(=O)[nH]2)cc1. The molecule has 4 aromatic rings. The number of nitrogens with zero attached hydrogens (tertiary/aromatic N) is 1. The maximum atomic E-state index is 12.8. The fourth-order valence-electron chi connectivity index (χ4n) is 3.29. The molecule has 162 valence electrons. The summed E-state index contributed by atoms with van der Waals surface area (Å²) in [5.74, 6) is -0.288. The Balaban J connectivity index is 1.46. The molecule has 2 aromatic carbocycles. The van der Waals surface area contributed by atoms with Crippen molar-refractivity contribution in [3.8, 4) is 11.1 Å². The molecule has 0 atom stereocenters. The van der Waals surface area contributed by atoms with Gasteiger partial charge in [-0.1, -0.05) is 42.1 Å². The summed E-state index contributed by atoms with van der Waals surface area (Å²) < 4.78 is 0. The molecule has 0 fully saturated rings. The van der Waals surface area contributed by atoms with E-state index in [0.29, 0.717) is 26.7 Å². The highest BCUT2D eigenvalue weighted by Gasteiger charge is 2.17. The number of thioether (sulfide) groups is 1. The van der Waals surface area contributed by atoms with E-state index in [4.69, 9.17) is 0 Å². The molecule has 7 nitrogen and oxygen atoms in total. The minimum atomic E-state index is -0.225. The molecule has 2 aromatic heterocycles. The lowest BCUT2D eigenvalue weighted by Gasteiger charge is -2.07. The number of aromatic amines is 1. The second-order valence-corrected chi connectivity index (χ2v) is 9.21. The Bertz CT molecular complexity index is 1350. The number of rotatable bonds is 6. The zero-order valence-electron chi connectivity index (χ0n) is 17.4. The molecule has 4 rings (SSSR count). The van der Waals surface area contributed by atoms with Crippen LogP contribution in [0.2, 0.25) is 0 Å². The van der Waals surface area contributed by atoms with Crippen LogP contribution < -0.4 is 16.2 Å². The van der Waals surface area contributed by atoms with Gasteiger partial charge >= 0.3 is 0 Å². The van der Waals surface area contributed by atoms with Crippen LogP contribution in [0.1, 0.15) is 11.8 Å². The molecule has 9 heteroatoms. The number of hydrogen-bond donors (Lipinski definition) is 3. The Hall–Kier alpha value is -3.43. The summed E-state index contributed by atoms with van der Waals surface area (Å²) in [4.78, 5) is 45.3. The summed E-state index contributed by atoms with van der Waals surface area (Å²) in [5.41, 5.74) is 2.93. The maximum Gasteiger partial charge on any atom is 0.260 e. The number of H-pyrrole nitrogens is 1. The van der Waals surface area contributed by atoms with Crippen molar-refractivity contribution in [2.45, 2.75) is 19.0 Å². The number of benzene rings is 2. The van der Waals surface area contributed by atoms with E-state index in [9.17, 15) is 14.4 Å². The van der Waals surface area contributed by atoms with E-state index in [1.165, 1.54) is 30.0 Å². The number of aromatic nitrogens is 2. The first-order valence-corrected chi connectivity index (χ1v) is 11.6. The van der Waals surface area contributed by atoms with Crippen LogP contribution in [-0.4, -0.2) is 27.5 Å². The van der Waals surface area contributed by atoms with Crippen molar-refractivity contribution in [1.29, 1.82) is 0 Å². The van der Waals surface area contributed by atoms with Crippen molar-refractivity contribution in [3.05, 3.63) is 69.8 Å². The van der Waals surface area contributed by atoms with Crippen LogP contribution in [0.4, 0.5) is 11.4 Å². The van der Waals surface area contributed by atoms with Crippen LogP contribution in [0.15, 0.2) is 64.5 Å². The van der Waals surface area contributed by atoms with Crippen molar-refractivity contribution in [2.24, 2.45) is 0 Å². The molecular weight excluding hydrogens is 444 g/mol. The number of anilines is 2. The number of fused-ring (bicyclic) bond motifs is 1. The number of thiophene rings is 1. The number of aryl methyl sites for hydroxylation is 1. The zero-order valence-corrected chi connectivity index (χ0v) is 19.0. The molecule has 0 aliphatic carbocycles. The molecule has 0 unspecified atom stereocenters. The van der Waals surface area contributed by atoms with E-state index in [0.717, 1.165) is 16.0 Å². The predicted molar refractivity (Wildman–Crippen MR) is 131 cm³/mol. The normalized spacial score (nSPS) is 10.8. The molecule has 0 aliphatic rings. The molecule has 0 saturated heterocycles. The second-order valence-electron chi connectivity index (χ2n) is 7.05. The topological polar surface area (TPSA) is 104 Å². The van der Waals surface area contributed by atoms with Crippen LogP contribution in [0.25, 0.3) is 21.3 Å². The van der Waals surface area contributed by atoms with E-state index in [1.807, 2.05) is 37.3 Å². The number of nitrogens with one attached hydrogen (secondary N) is 3. The summed E-state index contributed by atoms with van der Waals surface area (Å²) in [6, 6.07) is 16.6. The van der Waals surface area contributed by atoms with E-state index in [1.54, 1.807) is 24.3 Å². The van der Waals surface area contributed by atoms with Gasteiger partial charge in [0.15, 0.2) is 5.16 Å². The molecule has 0 bridgehead atoms. The molecule has 0 saturated carbocycles. The van der Waals surface area contributed by atoms with Gasteiger partial charge in [0.25, 0.3) is 5.56 Å². The third kappa shape index (κ3) is 4.90. The van der Waals surface area contributed by atoms with Crippen LogP contribution in [0.3, 0.4) is 0 Å². The van der Waals surface area contributed by atoms with Crippen LogP contribution in [0, 0.1) is 6.92 Å². The molecule has 2 heterocycles. The largest absolute Gasteiger partial charge is 0.326 e. The van der Waals surface area contributed by atoms with Crippen molar-refractivity contribution >= 4 is 56.5 Å². The Morgan fingerprint density at radius 2 is 1.69 bits per heavy atom.